The summed E-state index contributed by atoms with van der Waals surface area (Å²) in [5, 5.41) is 2.50. The van der Waals surface area contributed by atoms with Gasteiger partial charge < -0.3 is 14.8 Å². The molecule has 0 aliphatic carbocycles. The van der Waals surface area contributed by atoms with Crippen LogP contribution in [0.2, 0.25) is 0 Å². The van der Waals surface area contributed by atoms with Crippen molar-refractivity contribution in [2.75, 3.05) is 13.2 Å². The molecule has 184 valence electrons. The lowest BCUT2D eigenvalue weighted by molar-refractivity contribution is -0.168. The van der Waals surface area contributed by atoms with Crippen LogP contribution in [0.25, 0.3) is 0 Å². The van der Waals surface area contributed by atoms with Crippen molar-refractivity contribution < 1.29 is 23.9 Å². The second-order valence-electron chi connectivity index (χ2n) is 8.02. The molecule has 1 amide bonds. The Morgan fingerprint density at radius 1 is 0.794 bits per heavy atom. The van der Waals surface area contributed by atoms with Gasteiger partial charge in [-0.05, 0) is 74.9 Å². The standard InChI is InChI=1S/C27H35NO5S/c1-5-8-9-21-10-14-23(15-11-21)34-24-16-12-22(13-17-24)18-19-27(28-20(4)29,25(30)32-6-2)26(31)33-7-3/h10-17H,5-9,18-19H2,1-4H3,(H,28,29). The maximum absolute atomic E-state index is 12.7. The zero-order valence-corrected chi connectivity index (χ0v) is 21.3. The topological polar surface area (TPSA) is 81.7 Å². The number of amides is 1. The van der Waals surface area contributed by atoms with Gasteiger partial charge in [0.05, 0.1) is 13.2 Å². The first-order valence-corrected chi connectivity index (χ1v) is 12.6. The highest BCUT2D eigenvalue weighted by Crippen LogP contribution is 2.29. The van der Waals surface area contributed by atoms with Gasteiger partial charge in [0.1, 0.15) is 0 Å². The molecule has 0 bridgehead atoms. The Hall–Kier alpha value is -2.80. The number of aryl methyl sites for hydroxylation is 2. The Balaban J connectivity index is 2.11. The van der Waals surface area contributed by atoms with E-state index in [1.807, 2.05) is 24.3 Å². The number of carbonyl (C=O) groups excluding carboxylic acids is 3. The number of carbonyl (C=O) groups is 3. The number of nitrogens with one attached hydrogen (secondary N) is 1. The smallest absolute Gasteiger partial charge is 0.343 e. The van der Waals surface area contributed by atoms with E-state index in [-0.39, 0.29) is 19.6 Å². The first-order valence-electron chi connectivity index (χ1n) is 11.8. The molecule has 34 heavy (non-hydrogen) atoms. The summed E-state index contributed by atoms with van der Waals surface area (Å²) in [4.78, 5) is 39.6. The second-order valence-corrected chi connectivity index (χ2v) is 9.17. The third-order valence-corrected chi connectivity index (χ3v) is 6.34. The summed E-state index contributed by atoms with van der Waals surface area (Å²) in [6.07, 6.45) is 3.91. The van der Waals surface area contributed by atoms with E-state index in [1.54, 1.807) is 25.6 Å². The fourth-order valence-electron chi connectivity index (χ4n) is 3.56. The van der Waals surface area contributed by atoms with Crippen LogP contribution in [0.5, 0.6) is 0 Å². The van der Waals surface area contributed by atoms with Crippen LogP contribution in [0.1, 0.15) is 58.1 Å². The molecule has 1 N–H and O–H groups in total. The highest BCUT2D eigenvalue weighted by atomic mass is 32.2. The van der Waals surface area contributed by atoms with Crippen molar-refractivity contribution in [2.45, 2.75) is 75.1 Å². The second kappa shape index (κ2) is 13.8. The Morgan fingerprint density at radius 3 is 1.68 bits per heavy atom. The maximum atomic E-state index is 12.7. The first-order chi connectivity index (χ1) is 16.3. The average Bonchev–Trinajstić information content (AvgIpc) is 2.82. The predicted molar refractivity (Wildman–Crippen MR) is 134 cm³/mol. The molecule has 0 aromatic heterocycles. The molecule has 0 spiro atoms. The van der Waals surface area contributed by atoms with Crippen molar-refractivity contribution in [1.82, 2.24) is 5.32 Å². The fourth-order valence-corrected chi connectivity index (χ4v) is 4.37. The van der Waals surface area contributed by atoms with Crippen molar-refractivity contribution in [1.29, 1.82) is 0 Å². The molecule has 2 aromatic carbocycles. The van der Waals surface area contributed by atoms with Crippen molar-refractivity contribution in [2.24, 2.45) is 0 Å². The molecule has 6 nitrogen and oxygen atoms in total. The van der Waals surface area contributed by atoms with Crippen molar-refractivity contribution in [3.05, 3.63) is 59.7 Å². The van der Waals surface area contributed by atoms with E-state index in [0.29, 0.717) is 6.42 Å². The van der Waals surface area contributed by atoms with E-state index in [2.05, 4.69) is 36.5 Å². The maximum Gasteiger partial charge on any atom is 0.343 e. The molecular formula is C27H35NO5S. The molecule has 0 unspecified atom stereocenters. The Kier molecular flexibility index (Phi) is 11.1. The quantitative estimate of drug-likeness (QED) is 0.313. The lowest BCUT2D eigenvalue weighted by Crippen LogP contribution is -2.61. The van der Waals surface area contributed by atoms with Crippen LogP contribution < -0.4 is 5.32 Å². The molecule has 0 fully saturated rings. The number of esters is 2. The van der Waals surface area contributed by atoms with Gasteiger partial charge in [-0.3, -0.25) is 4.79 Å². The lowest BCUT2D eigenvalue weighted by Gasteiger charge is -2.29. The molecule has 2 aromatic rings. The summed E-state index contributed by atoms with van der Waals surface area (Å²) in [7, 11) is 0. The van der Waals surface area contributed by atoms with E-state index in [1.165, 1.54) is 30.2 Å². The number of hydrogen-bond donors (Lipinski definition) is 1. The van der Waals surface area contributed by atoms with Gasteiger partial charge in [-0.1, -0.05) is 49.4 Å². The number of hydrogen-bond acceptors (Lipinski definition) is 6. The van der Waals surface area contributed by atoms with Crippen molar-refractivity contribution >= 4 is 29.6 Å². The molecule has 0 aliphatic heterocycles. The molecule has 0 radical (unpaired) electrons. The number of benzene rings is 2. The summed E-state index contributed by atoms with van der Waals surface area (Å²) < 4.78 is 10.2. The van der Waals surface area contributed by atoms with Gasteiger partial charge in [0.2, 0.25) is 11.4 Å². The first kappa shape index (κ1) is 27.4. The number of rotatable bonds is 13. The monoisotopic (exact) mass is 485 g/mol. The molecule has 7 heteroatoms. The molecule has 0 saturated heterocycles. The van der Waals surface area contributed by atoms with Crippen LogP contribution in [0.3, 0.4) is 0 Å². The van der Waals surface area contributed by atoms with Crippen LogP contribution in [0.4, 0.5) is 0 Å². The molecule has 0 saturated carbocycles. The minimum atomic E-state index is -1.87. The van der Waals surface area contributed by atoms with Crippen molar-refractivity contribution in [3.63, 3.8) is 0 Å². The van der Waals surface area contributed by atoms with E-state index < -0.39 is 23.4 Å². The van der Waals surface area contributed by atoms with Gasteiger partial charge in [0.15, 0.2) is 0 Å². The van der Waals surface area contributed by atoms with Gasteiger partial charge in [-0.15, -0.1) is 0 Å². The molecule has 0 heterocycles. The lowest BCUT2D eigenvalue weighted by atomic mass is 9.90. The van der Waals surface area contributed by atoms with Crippen LogP contribution in [0, 0.1) is 0 Å². The zero-order chi connectivity index (χ0) is 25.0. The summed E-state index contributed by atoms with van der Waals surface area (Å²) in [6, 6.07) is 16.6. The molecule has 2 rings (SSSR count). The zero-order valence-electron chi connectivity index (χ0n) is 20.5. The Morgan fingerprint density at radius 2 is 1.26 bits per heavy atom. The highest BCUT2D eigenvalue weighted by molar-refractivity contribution is 7.99. The minimum absolute atomic E-state index is 0.0377. The molecule has 0 aliphatic rings. The minimum Gasteiger partial charge on any atom is -0.464 e. The van der Waals surface area contributed by atoms with Gasteiger partial charge in [-0.2, -0.15) is 0 Å². The Labute approximate surface area is 206 Å². The third-order valence-electron chi connectivity index (χ3n) is 5.33. The van der Waals surface area contributed by atoms with Gasteiger partial charge in [-0.25, -0.2) is 9.59 Å². The van der Waals surface area contributed by atoms with E-state index in [0.717, 1.165) is 16.9 Å². The molecule has 0 atom stereocenters. The number of unbranched alkanes of at least 4 members (excludes halogenated alkanes) is 1. The van der Waals surface area contributed by atoms with Crippen LogP contribution in [-0.4, -0.2) is 36.6 Å². The molecular weight excluding hydrogens is 450 g/mol. The SMILES string of the molecule is CCCCc1ccc(Sc2ccc(CCC(NC(C)=O)(C(=O)OCC)C(=O)OCC)cc2)cc1. The van der Waals surface area contributed by atoms with Gasteiger partial charge in [0.25, 0.3) is 0 Å². The largest absolute Gasteiger partial charge is 0.464 e. The highest BCUT2D eigenvalue weighted by Gasteiger charge is 2.49. The summed E-state index contributed by atoms with van der Waals surface area (Å²) in [6.45, 7) is 6.93. The van der Waals surface area contributed by atoms with Gasteiger partial charge in [0, 0.05) is 16.7 Å². The fraction of sp³-hybridized carbons (Fsp3) is 0.444. The third kappa shape index (κ3) is 7.90. The van der Waals surface area contributed by atoms with Gasteiger partial charge >= 0.3 is 11.9 Å². The van der Waals surface area contributed by atoms with E-state index >= 15 is 0 Å². The average molecular weight is 486 g/mol. The van der Waals surface area contributed by atoms with Crippen LogP contribution in [-0.2, 0) is 36.7 Å². The summed E-state index contributed by atoms with van der Waals surface area (Å²) in [5.41, 5.74) is 0.417. The van der Waals surface area contributed by atoms with Crippen molar-refractivity contribution in [3.8, 4) is 0 Å². The predicted octanol–water partition coefficient (Wildman–Crippen LogP) is 5.11. The van der Waals surface area contributed by atoms with E-state index in [4.69, 9.17) is 9.47 Å². The Bertz CT molecular complexity index is 922. The number of ether oxygens (including phenoxy) is 2. The van der Waals surface area contributed by atoms with Crippen LogP contribution in [0.15, 0.2) is 58.3 Å². The summed E-state index contributed by atoms with van der Waals surface area (Å²) >= 11 is 1.68. The normalized spacial score (nSPS) is 11.1. The summed E-state index contributed by atoms with van der Waals surface area (Å²) in [5.74, 6) is -2.12. The van der Waals surface area contributed by atoms with Crippen LogP contribution >= 0.6 is 11.8 Å². The van der Waals surface area contributed by atoms with E-state index in [9.17, 15) is 14.4 Å².